The van der Waals surface area contributed by atoms with Crippen molar-refractivity contribution in [3.05, 3.63) is 0 Å². The van der Waals surface area contributed by atoms with Crippen LogP contribution in [0.4, 0.5) is 0 Å². The van der Waals surface area contributed by atoms with Crippen molar-refractivity contribution in [1.82, 2.24) is 15.5 Å². The molecular formula is C15H27N3O. The lowest BCUT2D eigenvalue weighted by Crippen LogP contribution is -2.60. The molecule has 1 saturated carbocycles. The number of carbonyl (C=O) groups is 1. The number of nitrogens with zero attached hydrogens (tertiary/aromatic N) is 1. The van der Waals surface area contributed by atoms with Crippen molar-refractivity contribution >= 4 is 5.91 Å². The third-order valence-corrected chi connectivity index (χ3v) is 5.44. The maximum Gasteiger partial charge on any atom is 0.241 e. The molecule has 3 rings (SSSR count). The highest BCUT2D eigenvalue weighted by Crippen LogP contribution is 2.46. The van der Waals surface area contributed by atoms with Gasteiger partial charge < -0.3 is 15.5 Å². The number of carbonyl (C=O) groups excluding carboxylic acids is 1. The van der Waals surface area contributed by atoms with E-state index in [9.17, 15) is 4.79 Å². The number of nitrogens with one attached hydrogen (secondary N) is 2. The second-order valence-corrected chi connectivity index (χ2v) is 6.80. The molecule has 2 N–H and O–H groups in total. The number of hydrogen-bond acceptors (Lipinski definition) is 3. The summed E-state index contributed by atoms with van der Waals surface area (Å²) >= 11 is 0. The Morgan fingerprint density at radius 3 is 2.32 bits per heavy atom. The van der Waals surface area contributed by atoms with Crippen LogP contribution in [-0.4, -0.2) is 49.1 Å². The van der Waals surface area contributed by atoms with Crippen LogP contribution in [0, 0.1) is 5.41 Å². The molecule has 19 heavy (non-hydrogen) atoms. The predicted octanol–water partition coefficient (Wildman–Crippen LogP) is 1.12. The molecule has 1 aliphatic carbocycles. The molecule has 1 amide bonds. The predicted molar refractivity (Wildman–Crippen MR) is 76.0 cm³/mol. The molecule has 0 aromatic heterocycles. The Labute approximate surface area is 116 Å². The summed E-state index contributed by atoms with van der Waals surface area (Å²) in [6.45, 7) is 5.79. The highest BCUT2D eigenvalue weighted by atomic mass is 16.2. The van der Waals surface area contributed by atoms with E-state index in [-0.39, 0.29) is 6.04 Å². The molecule has 3 aliphatic rings. The maximum atomic E-state index is 12.5. The van der Waals surface area contributed by atoms with Crippen LogP contribution in [0.3, 0.4) is 0 Å². The average molecular weight is 265 g/mol. The first-order valence-electron chi connectivity index (χ1n) is 7.94. The third-order valence-electron chi connectivity index (χ3n) is 5.44. The van der Waals surface area contributed by atoms with Gasteiger partial charge in [0.2, 0.25) is 5.91 Å². The normalized spacial score (nSPS) is 34.7. The van der Waals surface area contributed by atoms with E-state index in [1.54, 1.807) is 0 Å². The van der Waals surface area contributed by atoms with Crippen LogP contribution in [0.5, 0.6) is 0 Å². The van der Waals surface area contributed by atoms with E-state index in [0.717, 1.165) is 26.2 Å². The summed E-state index contributed by atoms with van der Waals surface area (Å²) in [7, 11) is 0. The Morgan fingerprint density at radius 1 is 1.05 bits per heavy atom. The Bertz CT molecular complexity index is 320. The second kappa shape index (κ2) is 5.41. The van der Waals surface area contributed by atoms with E-state index in [2.05, 4.69) is 22.5 Å². The average Bonchev–Trinajstić information content (AvgIpc) is 2.88. The first-order valence-corrected chi connectivity index (χ1v) is 7.94. The summed E-state index contributed by atoms with van der Waals surface area (Å²) in [5.74, 6) is 0.312. The number of likely N-dealkylation sites (tertiary alicyclic amines) is 1. The zero-order valence-electron chi connectivity index (χ0n) is 12.1. The van der Waals surface area contributed by atoms with E-state index in [1.165, 1.54) is 38.5 Å². The maximum absolute atomic E-state index is 12.5. The summed E-state index contributed by atoms with van der Waals surface area (Å²) in [6.07, 6.45) is 8.07. The molecule has 0 aromatic carbocycles. The van der Waals surface area contributed by atoms with Gasteiger partial charge in [-0.25, -0.2) is 0 Å². The van der Waals surface area contributed by atoms with Crippen molar-refractivity contribution in [2.24, 2.45) is 5.41 Å². The third kappa shape index (κ3) is 2.79. The summed E-state index contributed by atoms with van der Waals surface area (Å²) < 4.78 is 0. The number of hydrogen-bond donors (Lipinski definition) is 2. The van der Waals surface area contributed by atoms with Crippen molar-refractivity contribution in [2.45, 2.75) is 57.5 Å². The van der Waals surface area contributed by atoms with Gasteiger partial charge in [-0.1, -0.05) is 12.8 Å². The number of piperazine rings is 1. The van der Waals surface area contributed by atoms with Gasteiger partial charge in [-0.05, 0) is 38.0 Å². The first kappa shape index (κ1) is 13.4. The van der Waals surface area contributed by atoms with Gasteiger partial charge in [-0.3, -0.25) is 4.79 Å². The Morgan fingerprint density at radius 2 is 1.74 bits per heavy atom. The van der Waals surface area contributed by atoms with Gasteiger partial charge in [0.1, 0.15) is 0 Å². The van der Waals surface area contributed by atoms with Crippen LogP contribution in [0.1, 0.15) is 45.4 Å². The molecule has 3 fully saturated rings. The number of amides is 1. The van der Waals surface area contributed by atoms with Crippen LogP contribution in [0.15, 0.2) is 0 Å². The fourth-order valence-electron chi connectivity index (χ4n) is 4.00. The summed E-state index contributed by atoms with van der Waals surface area (Å²) in [6, 6.07) is 0.473. The lowest BCUT2D eigenvalue weighted by molar-refractivity contribution is -0.136. The van der Waals surface area contributed by atoms with Crippen molar-refractivity contribution in [3.8, 4) is 0 Å². The number of rotatable bonds is 1. The molecule has 0 bridgehead atoms. The van der Waals surface area contributed by atoms with E-state index in [0.29, 0.717) is 17.4 Å². The standard InChI is InChI=1S/C15H27N3O/c1-12-10-17-13(11-16-12)14(19)18-8-6-15(7-9-18)4-2-3-5-15/h12-13,16-17H,2-11H2,1H3. The molecule has 2 heterocycles. The molecule has 2 saturated heterocycles. The minimum absolute atomic E-state index is 0.00571. The Hall–Kier alpha value is -0.610. The molecule has 0 radical (unpaired) electrons. The van der Waals surface area contributed by atoms with Gasteiger partial charge in [0.15, 0.2) is 0 Å². The van der Waals surface area contributed by atoms with Crippen LogP contribution in [0.25, 0.3) is 0 Å². The molecular weight excluding hydrogens is 238 g/mol. The van der Waals surface area contributed by atoms with Gasteiger partial charge in [0, 0.05) is 32.2 Å². The molecule has 2 aliphatic heterocycles. The monoisotopic (exact) mass is 265 g/mol. The van der Waals surface area contributed by atoms with Crippen molar-refractivity contribution in [2.75, 3.05) is 26.2 Å². The van der Waals surface area contributed by atoms with E-state index in [4.69, 9.17) is 0 Å². The van der Waals surface area contributed by atoms with Gasteiger partial charge in [0.25, 0.3) is 0 Å². The van der Waals surface area contributed by atoms with Gasteiger partial charge in [-0.15, -0.1) is 0 Å². The Balaban J connectivity index is 1.52. The first-order chi connectivity index (χ1) is 9.19. The fourth-order valence-corrected chi connectivity index (χ4v) is 4.00. The molecule has 0 aromatic rings. The zero-order valence-corrected chi connectivity index (χ0v) is 12.1. The van der Waals surface area contributed by atoms with Crippen LogP contribution < -0.4 is 10.6 Å². The highest BCUT2D eigenvalue weighted by Gasteiger charge is 2.39. The van der Waals surface area contributed by atoms with Crippen molar-refractivity contribution in [1.29, 1.82) is 0 Å². The van der Waals surface area contributed by atoms with Gasteiger partial charge in [0.05, 0.1) is 6.04 Å². The van der Waals surface area contributed by atoms with Crippen LogP contribution in [-0.2, 0) is 4.79 Å². The molecule has 1 spiro atoms. The van der Waals surface area contributed by atoms with Crippen molar-refractivity contribution in [3.63, 3.8) is 0 Å². The summed E-state index contributed by atoms with van der Waals surface area (Å²) in [4.78, 5) is 14.6. The summed E-state index contributed by atoms with van der Waals surface area (Å²) in [5, 5.41) is 6.76. The van der Waals surface area contributed by atoms with Crippen molar-refractivity contribution < 1.29 is 4.79 Å². The molecule has 4 heteroatoms. The molecule has 2 unspecified atom stereocenters. The Kier molecular flexibility index (Phi) is 3.81. The smallest absolute Gasteiger partial charge is 0.241 e. The van der Waals surface area contributed by atoms with E-state index in [1.807, 2.05) is 0 Å². The fraction of sp³-hybridized carbons (Fsp3) is 0.933. The quantitative estimate of drug-likeness (QED) is 0.747. The SMILES string of the molecule is CC1CNC(C(=O)N2CCC3(CCCC3)CC2)CN1. The van der Waals surface area contributed by atoms with E-state index >= 15 is 0 Å². The van der Waals surface area contributed by atoms with E-state index < -0.39 is 0 Å². The van der Waals surface area contributed by atoms with Crippen LogP contribution in [0.2, 0.25) is 0 Å². The van der Waals surface area contributed by atoms with Crippen LogP contribution >= 0.6 is 0 Å². The lowest BCUT2D eigenvalue weighted by Gasteiger charge is -2.41. The topological polar surface area (TPSA) is 44.4 Å². The van der Waals surface area contributed by atoms with Gasteiger partial charge >= 0.3 is 0 Å². The summed E-state index contributed by atoms with van der Waals surface area (Å²) in [5.41, 5.74) is 0.601. The minimum Gasteiger partial charge on any atom is -0.341 e. The zero-order chi connectivity index (χ0) is 13.3. The largest absolute Gasteiger partial charge is 0.341 e. The molecule has 4 nitrogen and oxygen atoms in total. The van der Waals surface area contributed by atoms with Gasteiger partial charge in [-0.2, -0.15) is 0 Å². The minimum atomic E-state index is -0.00571. The highest BCUT2D eigenvalue weighted by molar-refractivity contribution is 5.82. The molecule has 108 valence electrons. The lowest BCUT2D eigenvalue weighted by atomic mass is 9.77. The number of piperidine rings is 1. The molecule has 2 atom stereocenters. The second-order valence-electron chi connectivity index (χ2n) is 6.80.